The van der Waals surface area contributed by atoms with Crippen molar-refractivity contribution >= 4 is 11.9 Å². The van der Waals surface area contributed by atoms with Crippen LogP contribution in [0, 0.1) is 5.41 Å². The first-order valence-electron chi connectivity index (χ1n) is 8.24. The van der Waals surface area contributed by atoms with Gasteiger partial charge in [0.25, 0.3) is 0 Å². The maximum Gasteiger partial charge on any atom is 0.312 e. The molecule has 2 heterocycles. The third kappa shape index (κ3) is 4.92. The molecule has 0 bridgehead atoms. The number of carbonyl (C=O) groups is 2. The van der Waals surface area contributed by atoms with E-state index >= 15 is 0 Å². The molecule has 0 saturated carbocycles. The molecular formula is C17H27N5O2. The number of amides is 3. The second-order valence-corrected chi connectivity index (χ2v) is 7.23. The number of rotatable bonds is 4. The number of aromatic nitrogens is 1. The average Bonchev–Trinajstić information content (AvgIpc) is 2.52. The van der Waals surface area contributed by atoms with Crippen LogP contribution in [0.2, 0.25) is 0 Å². The van der Waals surface area contributed by atoms with Crippen LogP contribution in [-0.2, 0) is 11.3 Å². The van der Waals surface area contributed by atoms with Crippen LogP contribution in [0.15, 0.2) is 24.4 Å². The maximum absolute atomic E-state index is 12.8. The Morgan fingerprint density at radius 3 is 2.42 bits per heavy atom. The molecule has 2 rings (SSSR count). The fourth-order valence-corrected chi connectivity index (χ4v) is 2.82. The van der Waals surface area contributed by atoms with Crippen LogP contribution < -0.4 is 11.1 Å². The normalized spacial score (nSPS) is 17.4. The Bertz CT molecular complexity index is 562. The zero-order valence-electron chi connectivity index (χ0n) is 14.7. The van der Waals surface area contributed by atoms with Crippen molar-refractivity contribution in [3.8, 4) is 0 Å². The molecule has 1 fully saturated rings. The molecule has 1 aliphatic heterocycles. The Balaban J connectivity index is 1.92. The molecule has 1 atom stereocenters. The highest BCUT2D eigenvalue weighted by molar-refractivity contribution is 5.87. The van der Waals surface area contributed by atoms with Crippen molar-refractivity contribution in [2.75, 3.05) is 26.2 Å². The van der Waals surface area contributed by atoms with Crippen LogP contribution in [0.25, 0.3) is 0 Å². The van der Waals surface area contributed by atoms with Crippen LogP contribution in [0.3, 0.4) is 0 Å². The lowest BCUT2D eigenvalue weighted by atomic mass is 9.85. The van der Waals surface area contributed by atoms with Gasteiger partial charge in [0.05, 0.1) is 5.69 Å². The van der Waals surface area contributed by atoms with Gasteiger partial charge in [-0.2, -0.15) is 0 Å². The molecule has 132 valence electrons. The standard InChI is InChI=1S/C17H27N5O2/c1-17(2,3)14(20-16(18)24)15(23)22-10-8-21(9-11-22)12-13-6-4-5-7-19-13/h4-7,14H,8-12H2,1-3H3,(H3,18,20,24). The van der Waals surface area contributed by atoms with Gasteiger partial charge in [0.1, 0.15) is 6.04 Å². The fraction of sp³-hybridized carbons (Fsp3) is 0.588. The van der Waals surface area contributed by atoms with Crippen LogP contribution in [0.5, 0.6) is 0 Å². The van der Waals surface area contributed by atoms with Crippen molar-refractivity contribution in [3.05, 3.63) is 30.1 Å². The molecule has 3 N–H and O–H groups in total. The number of carbonyl (C=O) groups excluding carboxylic acids is 2. The Hall–Kier alpha value is -2.15. The molecule has 0 aliphatic carbocycles. The summed E-state index contributed by atoms with van der Waals surface area (Å²) in [4.78, 5) is 32.4. The highest BCUT2D eigenvalue weighted by Crippen LogP contribution is 2.22. The van der Waals surface area contributed by atoms with Crippen molar-refractivity contribution in [2.45, 2.75) is 33.4 Å². The minimum Gasteiger partial charge on any atom is -0.352 e. The summed E-state index contributed by atoms with van der Waals surface area (Å²) in [6, 6.07) is 4.60. The van der Waals surface area contributed by atoms with Gasteiger partial charge >= 0.3 is 6.03 Å². The molecule has 24 heavy (non-hydrogen) atoms. The maximum atomic E-state index is 12.8. The summed E-state index contributed by atoms with van der Waals surface area (Å²) in [5, 5.41) is 2.59. The van der Waals surface area contributed by atoms with E-state index in [0.717, 1.165) is 25.3 Å². The SMILES string of the molecule is CC(C)(C)C(NC(N)=O)C(=O)N1CCN(Cc2ccccn2)CC1. The van der Waals surface area contributed by atoms with Crippen molar-refractivity contribution in [2.24, 2.45) is 11.1 Å². The molecule has 1 aliphatic rings. The van der Waals surface area contributed by atoms with Gasteiger partial charge in [0, 0.05) is 38.9 Å². The number of pyridine rings is 1. The van der Waals surface area contributed by atoms with Crippen LogP contribution in [0.4, 0.5) is 4.79 Å². The van der Waals surface area contributed by atoms with Crippen LogP contribution in [0.1, 0.15) is 26.5 Å². The van der Waals surface area contributed by atoms with E-state index in [1.807, 2.05) is 39.0 Å². The molecule has 0 spiro atoms. The van der Waals surface area contributed by atoms with E-state index in [1.54, 1.807) is 11.1 Å². The highest BCUT2D eigenvalue weighted by atomic mass is 16.2. The van der Waals surface area contributed by atoms with E-state index in [-0.39, 0.29) is 5.91 Å². The van der Waals surface area contributed by atoms with Crippen molar-refractivity contribution in [1.82, 2.24) is 20.1 Å². The quantitative estimate of drug-likeness (QED) is 0.853. The van der Waals surface area contributed by atoms with Gasteiger partial charge in [-0.25, -0.2) is 4.79 Å². The largest absolute Gasteiger partial charge is 0.352 e. The van der Waals surface area contributed by atoms with Gasteiger partial charge in [-0.3, -0.25) is 14.7 Å². The first-order chi connectivity index (χ1) is 11.3. The number of hydrogen-bond acceptors (Lipinski definition) is 4. The van der Waals surface area contributed by atoms with E-state index in [1.165, 1.54) is 0 Å². The summed E-state index contributed by atoms with van der Waals surface area (Å²) >= 11 is 0. The lowest BCUT2D eigenvalue weighted by Crippen LogP contribution is -2.59. The number of nitrogens with zero attached hydrogens (tertiary/aromatic N) is 3. The Morgan fingerprint density at radius 1 is 1.25 bits per heavy atom. The molecule has 0 radical (unpaired) electrons. The van der Waals surface area contributed by atoms with Crippen molar-refractivity contribution in [1.29, 1.82) is 0 Å². The van der Waals surface area contributed by atoms with E-state index in [2.05, 4.69) is 15.2 Å². The number of urea groups is 1. The van der Waals surface area contributed by atoms with Gasteiger partial charge in [0.2, 0.25) is 5.91 Å². The summed E-state index contributed by atoms with van der Waals surface area (Å²) in [6.07, 6.45) is 1.79. The summed E-state index contributed by atoms with van der Waals surface area (Å²) in [6.45, 7) is 9.39. The molecule has 1 aromatic heterocycles. The Morgan fingerprint density at radius 2 is 1.92 bits per heavy atom. The van der Waals surface area contributed by atoms with Crippen LogP contribution >= 0.6 is 0 Å². The van der Waals surface area contributed by atoms with Gasteiger partial charge in [-0.1, -0.05) is 26.8 Å². The van der Waals surface area contributed by atoms with Gasteiger partial charge < -0.3 is 16.0 Å². The summed E-state index contributed by atoms with van der Waals surface area (Å²) in [5.41, 5.74) is 5.87. The van der Waals surface area contributed by atoms with Crippen LogP contribution in [-0.4, -0.2) is 58.9 Å². The van der Waals surface area contributed by atoms with E-state index in [0.29, 0.717) is 13.1 Å². The third-order valence-corrected chi connectivity index (χ3v) is 4.20. The second kappa shape index (κ2) is 7.61. The number of nitrogens with one attached hydrogen (secondary N) is 1. The minimum absolute atomic E-state index is 0.0706. The highest BCUT2D eigenvalue weighted by Gasteiger charge is 2.36. The van der Waals surface area contributed by atoms with Gasteiger partial charge in [0.15, 0.2) is 0 Å². The summed E-state index contributed by atoms with van der Waals surface area (Å²) in [7, 11) is 0. The first kappa shape index (κ1) is 18.2. The summed E-state index contributed by atoms with van der Waals surface area (Å²) < 4.78 is 0. The third-order valence-electron chi connectivity index (χ3n) is 4.20. The second-order valence-electron chi connectivity index (χ2n) is 7.23. The lowest BCUT2D eigenvalue weighted by Gasteiger charge is -2.39. The predicted molar refractivity (Wildman–Crippen MR) is 92.1 cm³/mol. The zero-order valence-corrected chi connectivity index (χ0v) is 14.7. The van der Waals surface area contributed by atoms with Crippen molar-refractivity contribution < 1.29 is 9.59 Å². The predicted octanol–water partition coefficient (Wildman–Crippen LogP) is 0.809. The lowest BCUT2D eigenvalue weighted by molar-refractivity contribution is -0.137. The number of hydrogen-bond donors (Lipinski definition) is 2. The average molecular weight is 333 g/mol. The topological polar surface area (TPSA) is 91.6 Å². The zero-order chi connectivity index (χ0) is 17.7. The van der Waals surface area contributed by atoms with E-state index in [4.69, 9.17) is 5.73 Å². The monoisotopic (exact) mass is 333 g/mol. The molecule has 1 saturated heterocycles. The minimum atomic E-state index is -0.669. The molecule has 0 aromatic carbocycles. The molecule has 7 nitrogen and oxygen atoms in total. The Labute approximate surface area is 143 Å². The fourth-order valence-electron chi connectivity index (χ4n) is 2.82. The Kier molecular flexibility index (Phi) is 5.77. The van der Waals surface area contributed by atoms with E-state index < -0.39 is 17.5 Å². The molecule has 7 heteroatoms. The van der Waals surface area contributed by atoms with Crippen molar-refractivity contribution in [3.63, 3.8) is 0 Å². The van der Waals surface area contributed by atoms with Gasteiger partial charge in [-0.15, -0.1) is 0 Å². The summed E-state index contributed by atoms with van der Waals surface area (Å²) in [5.74, 6) is -0.0706. The first-order valence-corrected chi connectivity index (χ1v) is 8.24. The number of primary amides is 1. The smallest absolute Gasteiger partial charge is 0.312 e. The molecule has 1 unspecified atom stereocenters. The molecular weight excluding hydrogens is 306 g/mol. The number of piperazine rings is 1. The molecule has 1 aromatic rings. The molecule has 3 amide bonds. The van der Waals surface area contributed by atoms with Gasteiger partial charge in [-0.05, 0) is 17.5 Å². The van der Waals surface area contributed by atoms with E-state index in [9.17, 15) is 9.59 Å². The number of nitrogens with two attached hydrogens (primary N) is 1.